The Balaban J connectivity index is 1.95. The van der Waals surface area contributed by atoms with Gasteiger partial charge in [-0.1, -0.05) is 23.7 Å². The first-order chi connectivity index (χ1) is 18.6. The normalized spacial score (nSPS) is 16.3. The van der Waals surface area contributed by atoms with Crippen molar-refractivity contribution in [1.29, 1.82) is 0 Å². The summed E-state index contributed by atoms with van der Waals surface area (Å²) in [7, 11) is 0.791. The van der Waals surface area contributed by atoms with Gasteiger partial charge in [0.25, 0.3) is 5.91 Å². The minimum Gasteiger partial charge on any atom is -0.338 e. The molecule has 0 aliphatic heterocycles. The first kappa shape index (κ1) is 32.2. The van der Waals surface area contributed by atoms with Crippen LogP contribution in [0.2, 0.25) is 5.02 Å². The number of halogens is 12. The molecule has 0 aromatic heterocycles. The molecule has 2 aromatic rings. The van der Waals surface area contributed by atoms with Crippen molar-refractivity contribution in [3.63, 3.8) is 0 Å². The fourth-order valence-electron chi connectivity index (χ4n) is 3.96. The lowest BCUT2D eigenvalue weighted by molar-refractivity contribution is -0.160. The first-order valence-corrected chi connectivity index (χ1v) is 11.8. The summed E-state index contributed by atoms with van der Waals surface area (Å²) in [6, 6.07) is 3.01. The summed E-state index contributed by atoms with van der Waals surface area (Å²) in [4.78, 5) is 25.4. The number of alkyl halides is 9. The Morgan fingerprint density at radius 3 is 2.12 bits per heavy atom. The van der Waals surface area contributed by atoms with Gasteiger partial charge >= 0.3 is 18.5 Å². The van der Waals surface area contributed by atoms with Crippen molar-refractivity contribution in [2.75, 3.05) is 13.6 Å². The molecule has 224 valence electrons. The van der Waals surface area contributed by atoms with Crippen LogP contribution in [-0.2, 0) is 11.0 Å². The van der Waals surface area contributed by atoms with Gasteiger partial charge in [-0.15, -0.1) is 0 Å². The zero-order chi connectivity index (χ0) is 31.1. The van der Waals surface area contributed by atoms with Gasteiger partial charge in [0.2, 0.25) is 5.91 Å². The van der Waals surface area contributed by atoms with Gasteiger partial charge in [0, 0.05) is 12.6 Å². The van der Waals surface area contributed by atoms with E-state index in [9.17, 15) is 57.9 Å². The van der Waals surface area contributed by atoms with E-state index in [1.807, 2.05) is 5.32 Å². The standard InChI is InChI=1S/C25H18ClF11N2O2/c1-39(11-23(29,30)31)21(41)22(6-7-22)38-20(40)14-4-2-13(8-16(14)25(35,36)37)18(27)10-15(24(32,33)34)12-3-5-17(26)19(28)9-12/h2-5,8-10,15H,6-7,11H2,1H3,(H,38,40)/b18-10-. The van der Waals surface area contributed by atoms with Crippen LogP contribution in [0.15, 0.2) is 42.5 Å². The van der Waals surface area contributed by atoms with E-state index in [1.54, 1.807) is 0 Å². The third-order valence-corrected chi connectivity index (χ3v) is 6.40. The van der Waals surface area contributed by atoms with Crippen LogP contribution < -0.4 is 5.32 Å². The fourth-order valence-corrected chi connectivity index (χ4v) is 4.08. The number of nitrogens with one attached hydrogen (secondary N) is 1. The number of amides is 2. The summed E-state index contributed by atoms with van der Waals surface area (Å²) >= 11 is 5.45. The second kappa shape index (κ2) is 11.1. The molecule has 16 heteroatoms. The molecule has 1 aliphatic carbocycles. The van der Waals surface area contributed by atoms with Gasteiger partial charge in [0.1, 0.15) is 29.6 Å². The second-order valence-electron chi connectivity index (χ2n) is 9.28. The van der Waals surface area contributed by atoms with Crippen molar-refractivity contribution in [3.05, 3.63) is 75.6 Å². The largest absolute Gasteiger partial charge is 0.417 e. The van der Waals surface area contributed by atoms with Crippen LogP contribution in [0.1, 0.15) is 45.8 Å². The van der Waals surface area contributed by atoms with Crippen LogP contribution in [0.4, 0.5) is 48.3 Å². The molecule has 0 spiro atoms. The van der Waals surface area contributed by atoms with Gasteiger partial charge in [0.15, 0.2) is 0 Å². The number of rotatable bonds is 7. The fraction of sp³-hybridized carbons (Fsp3) is 0.360. The van der Waals surface area contributed by atoms with Gasteiger partial charge in [-0.3, -0.25) is 9.59 Å². The van der Waals surface area contributed by atoms with Crippen molar-refractivity contribution in [2.24, 2.45) is 0 Å². The van der Waals surface area contributed by atoms with E-state index < -0.39 is 87.3 Å². The maximum Gasteiger partial charge on any atom is 0.417 e. The van der Waals surface area contributed by atoms with Crippen molar-refractivity contribution >= 4 is 29.2 Å². The molecule has 2 aromatic carbocycles. The van der Waals surface area contributed by atoms with Gasteiger partial charge < -0.3 is 10.2 Å². The van der Waals surface area contributed by atoms with E-state index in [0.29, 0.717) is 18.2 Å². The Kier molecular flexibility index (Phi) is 8.74. The minimum absolute atomic E-state index is 0.0633. The summed E-state index contributed by atoms with van der Waals surface area (Å²) in [6.45, 7) is -1.68. The van der Waals surface area contributed by atoms with Crippen LogP contribution in [0, 0.1) is 5.82 Å². The van der Waals surface area contributed by atoms with Crippen LogP contribution in [0.25, 0.3) is 5.83 Å². The van der Waals surface area contributed by atoms with E-state index in [-0.39, 0.29) is 29.9 Å². The van der Waals surface area contributed by atoms with Crippen LogP contribution in [0.3, 0.4) is 0 Å². The van der Waals surface area contributed by atoms with Gasteiger partial charge in [-0.05, 0) is 48.7 Å². The predicted molar refractivity (Wildman–Crippen MR) is 124 cm³/mol. The zero-order valence-corrected chi connectivity index (χ0v) is 21.3. The van der Waals surface area contributed by atoms with Crippen LogP contribution >= 0.6 is 11.6 Å². The number of likely N-dealkylation sites (N-methyl/N-ethyl adjacent to an activating group) is 1. The summed E-state index contributed by atoms with van der Waals surface area (Å²) in [5.74, 6) is -8.55. The Morgan fingerprint density at radius 1 is 1.02 bits per heavy atom. The molecule has 2 amide bonds. The highest BCUT2D eigenvalue weighted by atomic mass is 35.5. The Morgan fingerprint density at radius 2 is 1.63 bits per heavy atom. The quantitative estimate of drug-likeness (QED) is 0.327. The van der Waals surface area contributed by atoms with Crippen molar-refractivity contribution in [2.45, 2.75) is 42.8 Å². The molecular weight excluding hydrogens is 605 g/mol. The van der Waals surface area contributed by atoms with E-state index in [2.05, 4.69) is 0 Å². The highest BCUT2D eigenvalue weighted by Gasteiger charge is 2.54. The van der Waals surface area contributed by atoms with Crippen molar-refractivity contribution in [1.82, 2.24) is 10.2 Å². The van der Waals surface area contributed by atoms with Crippen molar-refractivity contribution < 1.29 is 57.9 Å². The van der Waals surface area contributed by atoms with Gasteiger partial charge in [0.05, 0.1) is 16.1 Å². The van der Waals surface area contributed by atoms with E-state index in [4.69, 9.17) is 11.6 Å². The maximum atomic E-state index is 14.9. The van der Waals surface area contributed by atoms with E-state index in [1.165, 1.54) is 0 Å². The van der Waals surface area contributed by atoms with Crippen LogP contribution in [0.5, 0.6) is 0 Å². The number of hydrogen-bond donors (Lipinski definition) is 1. The number of hydrogen-bond acceptors (Lipinski definition) is 2. The molecule has 1 unspecified atom stereocenters. The lowest BCUT2D eigenvalue weighted by atomic mass is 9.95. The molecule has 1 saturated carbocycles. The summed E-state index contributed by atoms with van der Waals surface area (Å²) in [5, 5.41) is 1.47. The van der Waals surface area contributed by atoms with Crippen LogP contribution in [-0.4, -0.2) is 48.2 Å². The Hall–Kier alpha value is -3.36. The molecule has 0 radical (unpaired) electrons. The number of nitrogens with zero attached hydrogens (tertiary/aromatic N) is 1. The molecule has 4 nitrogen and oxygen atoms in total. The zero-order valence-electron chi connectivity index (χ0n) is 20.5. The monoisotopic (exact) mass is 622 g/mol. The molecule has 0 heterocycles. The highest BCUT2D eigenvalue weighted by Crippen LogP contribution is 2.42. The molecule has 41 heavy (non-hydrogen) atoms. The second-order valence-corrected chi connectivity index (χ2v) is 9.69. The van der Waals surface area contributed by atoms with Gasteiger partial charge in [-0.25, -0.2) is 8.78 Å². The Labute approximate surface area is 229 Å². The lowest BCUT2D eigenvalue weighted by Crippen LogP contribution is -2.51. The van der Waals surface area contributed by atoms with E-state index >= 15 is 0 Å². The number of carbonyl (C=O) groups is 2. The summed E-state index contributed by atoms with van der Waals surface area (Å²) in [5.41, 5.74) is -6.64. The third-order valence-electron chi connectivity index (χ3n) is 6.09. The lowest BCUT2D eigenvalue weighted by Gasteiger charge is -2.25. The SMILES string of the molecule is CN(CC(F)(F)F)C(=O)C1(NC(=O)c2ccc(/C(F)=C/C(c3ccc(Cl)c(F)c3)C(F)(F)F)cc2C(F)(F)F)CC1. The molecule has 0 bridgehead atoms. The third kappa shape index (κ3) is 7.68. The van der Waals surface area contributed by atoms with Gasteiger partial charge in [-0.2, -0.15) is 39.5 Å². The highest BCUT2D eigenvalue weighted by molar-refractivity contribution is 6.30. The molecular formula is C25H18ClF11N2O2. The van der Waals surface area contributed by atoms with E-state index in [0.717, 1.165) is 19.2 Å². The topological polar surface area (TPSA) is 49.4 Å². The van der Waals surface area contributed by atoms with Crippen molar-refractivity contribution in [3.8, 4) is 0 Å². The summed E-state index contributed by atoms with van der Waals surface area (Å²) in [6.07, 6.45) is -15.7. The minimum atomic E-state index is -5.35. The maximum absolute atomic E-state index is 14.9. The predicted octanol–water partition coefficient (Wildman–Crippen LogP) is 7.44. The molecule has 1 N–H and O–H groups in total. The number of benzene rings is 2. The molecule has 3 rings (SSSR count). The number of carbonyl (C=O) groups excluding carboxylic acids is 2. The average molecular weight is 623 g/mol. The number of allylic oxidation sites excluding steroid dienone is 1. The molecule has 1 fully saturated rings. The molecule has 1 atom stereocenters. The first-order valence-electron chi connectivity index (χ1n) is 11.4. The Bertz CT molecular complexity index is 1360. The molecule has 0 saturated heterocycles. The summed E-state index contributed by atoms with van der Waals surface area (Å²) < 4.78 is 149. The smallest absolute Gasteiger partial charge is 0.338 e. The molecule has 1 aliphatic rings. The average Bonchev–Trinajstić information content (AvgIpc) is 3.61.